The average Bonchev–Trinajstić information content (AvgIpc) is 2.93. The number of hydrogen-bond donors (Lipinski definition) is 3. The fourth-order valence-corrected chi connectivity index (χ4v) is 5.42. The van der Waals surface area contributed by atoms with Crippen molar-refractivity contribution >= 4 is 17.3 Å². The second kappa shape index (κ2) is 11.8. The first-order valence-electron chi connectivity index (χ1n) is 14.2. The van der Waals surface area contributed by atoms with Gasteiger partial charge < -0.3 is 20.6 Å². The summed E-state index contributed by atoms with van der Waals surface area (Å²) in [6.07, 6.45) is 1.25. The van der Waals surface area contributed by atoms with Gasteiger partial charge in [-0.05, 0) is 95.3 Å². The van der Waals surface area contributed by atoms with Gasteiger partial charge in [-0.3, -0.25) is 4.79 Å². The van der Waals surface area contributed by atoms with Crippen LogP contribution in [0.5, 0.6) is 0 Å². The summed E-state index contributed by atoms with van der Waals surface area (Å²) in [6.45, 7) is 12.4. The van der Waals surface area contributed by atoms with Crippen molar-refractivity contribution in [1.29, 1.82) is 0 Å². The minimum atomic E-state index is -0.936. The van der Waals surface area contributed by atoms with Crippen molar-refractivity contribution in [2.45, 2.75) is 70.9 Å². The van der Waals surface area contributed by atoms with Crippen molar-refractivity contribution < 1.29 is 9.90 Å². The average molecular weight is 538 g/mol. The molecule has 1 aliphatic carbocycles. The van der Waals surface area contributed by atoms with Crippen molar-refractivity contribution in [1.82, 2.24) is 5.32 Å². The number of carbonyl (C=O) groups is 1. The number of anilines is 2. The molecule has 4 rings (SSSR count). The van der Waals surface area contributed by atoms with E-state index >= 15 is 0 Å². The normalized spacial score (nSPS) is 15.7. The first-order chi connectivity index (χ1) is 18.9. The molecule has 0 heterocycles. The molecule has 0 aromatic heterocycles. The Balaban J connectivity index is 1.65. The number of hydrogen-bond acceptors (Lipinski definition) is 4. The number of nitrogens with one attached hydrogen (secondary N) is 2. The molecule has 40 heavy (non-hydrogen) atoms. The topological polar surface area (TPSA) is 64.6 Å². The highest BCUT2D eigenvalue weighted by Gasteiger charge is 2.39. The highest BCUT2D eigenvalue weighted by atomic mass is 16.3. The Morgan fingerprint density at radius 1 is 0.975 bits per heavy atom. The predicted molar refractivity (Wildman–Crippen MR) is 166 cm³/mol. The molecule has 3 N–H and O–H groups in total. The monoisotopic (exact) mass is 537 g/mol. The molecule has 5 heteroatoms. The smallest absolute Gasteiger partial charge is 0.251 e. The van der Waals surface area contributed by atoms with E-state index in [1.165, 1.54) is 22.4 Å². The standard InChI is InChI=1S/C35H43N3O2/c1-8-36-33(40)26-14-9-24(10-15-26)13-18-31(39)27-21-29-32(35(4,5)20-19-34(29,2)3)30(22-27)37-23-25-11-16-28(17-12-25)38(6)7/h9-12,14-17,21-22,31,37,39H,8,19-20,23H2,1-7H3,(H,36,40). The first-order valence-corrected chi connectivity index (χ1v) is 14.2. The Labute approximate surface area is 240 Å². The number of carbonyl (C=O) groups excluding carboxylic acids is 1. The predicted octanol–water partition coefficient (Wildman–Crippen LogP) is 6.55. The van der Waals surface area contributed by atoms with Gasteiger partial charge in [-0.2, -0.15) is 0 Å². The fourth-order valence-electron chi connectivity index (χ4n) is 5.42. The van der Waals surface area contributed by atoms with E-state index in [1.807, 2.05) is 33.2 Å². The van der Waals surface area contributed by atoms with E-state index in [-0.39, 0.29) is 16.7 Å². The van der Waals surface area contributed by atoms with Crippen molar-refractivity contribution in [3.05, 3.63) is 94.0 Å². The summed E-state index contributed by atoms with van der Waals surface area (Å²) in [5.74, 6) is 6.03. The van der Waals surface area contributed by atoms with E-state index in [1.54, 1.807) is 12.1 Å². The zero-order valence-electron chi connectivity index (χ0n) is 25.0. The highest BCUT2D eigenvalue weighted by Crippen LogP contribution is 2.49. The largest absolute Gasteiger partial charge is 0.381 e. The first kappa shape index (κ1) is 29.2. The number of benzene rings is 3. The van der Waals surface area contributed by atoms with E-state index < -0.39 is 6.10 Å². The molecule has 5 nitrogen and oxygen atoms in total. The van der Waals surface area contributed by atoms with E-state index in [9.17, 15) is 9.90 Å². The molecule has 0 radical (unpaired) electrons. The molecule has 3 aromatic rings. The van der Waals surface area contributed by atoms with Crippen LogP contribution in [0, 0.1) is 11.8 Å². The van der Waals surface area contributed by atoms with Crippen LogP contribution in [-0.2, 0) is 17.4 Å². The lowest BCUT2D eigenvalue weighted by atomic mass is 9.62. The van der Waals surface area contributed by atoms with Crippen LogP contribution in [0.25, 0.3) is 0 Å². The van der Waals surface area contributed by atoms with Crippen LogP contribution >= 0.6 is 0 Å². The molecule has 0 saturated carbocycles. The van der Waals surface area contributed by atoms with Crippen molar-refractivity contribution in [2.24, 2.45) is 0 Å². The number of nitrogens with zero attached hydrogens (tertiary/aromatic N) is 1. The maximum atomic E-state index is 12.0. The van der Waals surface area contributed by atoms with Gasteiger partial charge in [-0.1, -0.05) is 57.7 Å². The summed E-state index contributed by atoms with van der Waals surface area (Å²) in [7, 11) is 4.09. The lowest BCUT2D eigenvalue weighted by Gasteiger charge is -2.43. The van der Waals surface area contributed by atoms with Gasteiger partial charge in [-0.15, -0.1) is 0 Å². The fraction of sp³-hybridized carbons (Fsp3) is 0.400. The molecule has 0 bridgehead atoms. The Hall–Kier alpha value is -3.75. The molecule has 0 saturated heterocycles. The summed E-state index contributed by atoms with van der Waals surface area (Å²) in [5.41, 5.74) is 8.20. The zero-order valence-corrected chi connectivity index (χ0v) is 25.0. The van der Waals surface area contributed by atoms with E-state index in [0.29, 0.717) is 18.7 Å². The van der Waals surface area contributed by atoms with Gasteiger partial charge >= 0.3 is 0 Å². The molecule has 1 unspecified atom stereocenters. The number of amides is 1. The van der Waals surface area contributed by atoms with Gasteiger partial charge in [0, 0.05) is 49.7 Å². The number of aliphatic hydroxyl groups is 1. The Kier molecular flexibility index (Phi) is 8.61. The molecule has 0 spiro atoms. The van der Waals surface area contributed by atoms with Crippen LogP contribution in [-0.4, -0.2) is 31.7 Å². The lowest BCUT2D eigenvalue weighted by molar-refractivity contribution is 0.0956. The quantitative estimate of drug-likeness (QED) is 0.299. The third kappa shape index (κ3) is 6.51. The third-order valence-electron chi connectivity index (χ3n) is 8.03. The minimum absolute atomic E-state index is 0.00725. The molecular weight excluding hydrogens is 494 g/mol. The summed E-state index contributed by atoms with van der Waals surface area (Å²) in [4.78, 5) is 14.1. The van der Waals surface area contributed by atoms with Gasteiger partial charge in [0.05, 0.1) is 0 Å². The minimum Gasteiger partial charge on any atom is -0.381 e. The zero-order chi connectivity index (χ0) is 29.1. The van der Waals surface area contributed by atoms with Crippen molar-refractivity contribution in [2.75, 3.05) is 30.9 Å². The van der Waals surface area contributed by atoms with Crippen molar-refractivity contribution in [3.8, 4) is 11.8 Å². The van der Waals surface area contributed by atoms with E-state index in [4.69, 9.17) is 0 Å². The molecule has 0 fully saturated rings. The summed E-state index contributed by atoms with van der Waals surface area (Å²) in [6, 6.07) is 20.0. The number of rotatable bonds is 7. The van der Waals surface area contributed by atoms with Crippen LogP contribution < -0.4 is 15.5 Å². The highest BCUT2D eigenvalue weighted by molar-refractivity contribution is 5.94. The molecule has 1 atom stereocenters. The van der Waals surface area contributed by atoms with Gasteiger partial charge in [0.2, 0.25) is 0 Å². The summed E-state index contributed by atoms with van der Waals surface area (Å²) < 4.78 is 0. The molecule has 0 aliphatic heterocycles. The van der Waals surface area contributed by atoms with Crippen LogP contribution in [0.2, 0.25) is 0 Å². The second-order valence-corrected chi connectivity index (χ2v) is 12.3. The van der Waals surface area contributed by atoms with Crippen LogP contribution in [0.4, 0.5) is 11.4 Å². The Morgan fingerprint density at radius 3 is 2.25 bits per heavy atom. The van der Waals surface area contributed by atoms with Crippen LogP contribution in [0.3, 0.4) is 0 Å². The number of aliphatic hydroxyl groups excluding tert-OH is 1. The molecular formula is C35H43N3O2. The van der Waals surface area contributed by atoms with E-state index in [2.05, 4.69) is 91.5 Å². The van der Waals surface area contributed by atoms with Gasteiger partial charge in [0.1, 0.15) is 6.10 Å². The number of fused-ring (bicyclic) bond motifs is 1. The molecule has 1 amide bonds. The summed E-state index contributed by atoms with van der Waals surface area (Å²) >= 11 is 0. The van der Waals surface area contributed by atoms with Gasteiger partial charge in [0.25, 0.3) is 5.91 Å². The molecule has 3 aromatic carbocycles. The van der Waals surface area contributed by atoms with Crippen molar-refractivity contribution in [3.63, 3.8) is 0 Å². The SMILES string of the molecule is CCNC(=O)c1ccc(C#CC(O)c2cc(NCc3ccc(N(C)C)cc3)c3c(c2)C(C)(C)CCC3(C)C)cc1. The maximum absolute atomic E-state index is 12.0. The molecule has 1 aliphatic rings. The second-order valence-electron chi connectivity index (χ2n) is 12.3. The van der Waals surface area contributed by atoms with Gasteiger partial charge in [-0.25, -0.2) is 0 Å². The summed E-state index contributed by atoms with van der Waals surface area (Å²) in [5, 5.41) is 17.7. The van der Waals surface area contributed by atoms with Gasteiger partial charge in [0.15, 0.2) is 0 Å². The Bertz CT molecular complexity index is 1410. The lowest BCUT2D eigenvalue weighted by Crippen LogP contribution is -2.35. The maximum Gasteiger partial charge on any atom is 0.251 e. The van der Waals surface area contributed by atoms with Crippen LogP contribution in [0.15, 0.2) is 60.7 Å². The third-order valence-corrected chi connectivity index (χ3v) is 8.03. The van der Waals surface area contributed by atoms with E-state index in [0.717, 1.165) is 29.7 Å². The Morgan fingerprint density at radius 2 is 1.62 bits per heavy atom. The molecule has 210 valence electrons. The van der Waals surface area contributed by atoms with Crippen LogP contribution in [0.1, 0.15) is 91.7 Å².